The van der Waals surface area contributed by atoms with Gasteiger partial charge in [0.25, 0.3) is 0 Å². The van der Waals surface area contributed by atoms with Gasteiger partial charge in [-0.2, -0.15) is 44.9 Å². The molecule has 121 heavy (non-hydrogen) atoms. The van der Waals surface area contributed by atoms with Gasteiger partial charge in [0.15, 0.2) is 0 Å². The third kappa shape index (κ3) is 30.3. The minimum atomic E-state index is -0.0587. The van der Waals surface area contributed by atoms with Gasteiger partial charge in [-0.15, -0.1) is 0 Å². The number of rotatable bonds is 45. The van der Waals surface area contributed by atoms with Crippen LogP contribution in [-0.2, 0) is 0 Å². The second-order valence-corrected chi connectivity index (χ2v) is 46.5. The summed E-state index contributed by atoms with van der Waals surface area (Å²) in [4.78, 5) is 68.5. The summed E-state index contributed by atoms with van der Waals surface area (Å²) in [7, 11) is 0. The molecule has 6 fully saturated rings. The molecule has 0 amide bonds. The highest BCUT2D eigenvalue weighted by atomic mass is 15.4. The van der Waals surface area contributed by atoms with Crippen molar-refractivity contribution in [2.24, 2.45) is 0 Å². The monoisotopic (exact) mass is 1690 g/mol. The van der Waals surface area contributed by atoms with Gasteiger partial charge in [-0.25, -0.2) is 0 Å². The van der Waals surface area contributed by atoms with E-state index in [2.05, 4.69) is 290 Å². The maximum atomic E-state index is 5.68. The van der Waals surface area contributed by atoms with Crippen molar-refractivity contribution in [2.75, 3.05) is 124 Å². The van der Waals surface area contributed by atoms with Crippen LogP contribution in [0.2, 0.25) is 0 Å². The number of aromatic nitrogens is 9. The van der Waals surface area contributed by atoms with Crippen molar-refractivity contribution in [2.45, 2.75) is 484 Å². The van der Waals surface area contributed by atoms with Crippen LogP contribution < -0.4 is 77.3 Å². The van der Waals surface area contributed by atoms with E-state index in [0.717, 1.165) is 268 Å². The first-order chi connectivity index (χ1) is 56.4. The van der Waals surface area contributed by atoms with E-state index in [9.17, 15) is 0 Å². The van der Waals surface area contributed by atoms with E-state index in [1.54, 1.807) is 0 Å². The number of hydrogen-bond acceptors (Lipinski definition) is 25. The fraction of sp³-hybridized carbons (Fsp3) is 0.906. The van der Waals surface area contributed by atoms with E-state index in [4.69, 9.17) is 44.9 Å². The van der Waals surface area contributed by atoms with E-state index in [0.29, 0.717) is 37.5 Å². The maximum Gasteiger partial charge on any atom is 0.232 e. The van der Waals surface area contributed by atoms with Crippen LogP contribution in [0.4, 0.5) is 53.5 Å². The second-order valence-electron chi connectivity index (χ2n) is 46.5. The Labute approximate surface area is 739 Å². The van der Waals surface area contributed by atoms with Gasteiger partial charge in [0, 0.05) is 162 Å². The number of hydrogen-bond donors (Lipinski definition) is 9. The zero-order chi connectivity index (χ0) is 89.0. The van der Waals surface area contributed by atoms with Gasteiger partial charge in [-0.05, 0) is 321 Å². The molecule has 692 valence electrons. The van der Waals surface area contributed by atoms with Crippen LogP contribution in [0.5, 0.6) is 0 Å². The van der Waals surface area contributed by atoms with Crippen molar-refractivity contribution in [1.29, 1.82) is 0 Å². The predicted molar refractivity (Wildman–Crippen MR) is 515 cm³/mol. The zero-order valence-electron chi connectivity index (χ0n) is 83.2. The van der Waals surface area contributed by atoms with E-state index in [-0.39, 0.29) is 103 Å². The summed E-state index contributed by atoms with van der Waals surface area (Å²) in [6.45, 7) is 80.7. The molecule has 9 heterocycles. The maximum absolute atomic E-state index is 5.68. The SMILES string of the molecule is CCCCN(c1nc(NCCCN(CCCNc2nc(N(CCCC)C3CC(C)(C)NC(C)(C)C3)nc(N(CCCC)C3CC(C)(C)NC(C)(C)C3)n2)CCCNc2nc(N(CCCC)C3CC(C)(C)NC(C)(C)C3)nc(N(CCCC)C3CC(C)(C)NC(C)(C)C3)n2)nc(N(CCCC)C2CC(C)(C)NC(C)(C)C2)n1)C1CC(C)(C)NC(C)(C)C1. The molecular formula is C96H183N25. The van der Waals surface area contributed by atoms with Crippen LogP contribution in [0.3, 0.4) is 0 Å². The lowest BCUT2D eigenvalue weighted by molar-refractivity contribution is 0.156. The highest BCUT2D eigenvalue weighted by Crippen LogP contribution is 2.42. The van der Waals surface area contributed by atoms with Crippen LogP contribution in [0.15, 0.2) is 0 Å². The Hall–Kier alpha value is -5.05. The number of anilines is 9. The average Bonchev–Trinajstić information content (AvgIpc) is 0.771. The molecule has 0 spiro atoms. The molecule has 3 aromatic heterocycles. The molecule has 0 aliphatic carbocycles. The number of nitrogens with zero attached hydrogens (tertiary/aromatic N) is 16. The first kappa shape index (κ1) is 99.7. The van der Waals surface area contributed by atoms with Gasteiger partial charge in [-0.1, -0.05) is 80.1 Å². The Morgan fingerprint density at radius 2 is 0.355 bits per heavy atom. The molecule has 0 unspecified atom stereocenters. The standard InChI is InChI=1S/C96H183N25/c1-31-37-52-116(70-58-85(7,8)109-86(9,10)59-70)79-100-76(101-80(106-79)117(53-38-32-2)71-60-87(11,12)110-88(13,14)61-71)97-46-43-49-115(50-44-47-98-77-102-81(118(54-39-33-3)72-62-89(15,16)111-90(17,18)63-72)107-82(103-77)119(55-40-34-4)73-64-91(19,20)112-92(21,22)65-73)51-45-48-99-78-104-83(120(56-41-35-5)74-66-93(23,24)113-94(25,26)67-74)108-84(105-78)121(57-42-36-6)75-68-95(27,28)114-96(29,30)69-75/h70-75,109-114H,31-69H2,1-30H3,(H,97,100,101,106)(H,98,102,103,107)(H,99,104,105,108). The van der Waals surface area contributed by atoms with Gasteiger partial charge in [0.1, 0.15) is 0 Å². The molecule has 25 nitrogen and oxygen atoms in total. The quantitative estimate of drug-likeness (QED) is 0.0239. The molecular weight excluding hydrogens is 1500 g/mol. The molecule has 0 aromatic carbocycles. The lowest BCUT2D eigenvalue weighted by Crippen LogP contribution is -2.63. The third-order valence-corrected chi connectivity index (χ3v) is 26.4. The molecule has 0 bridgehead atoms. The van der Waals surface area contributed by atoms with Crippen molar-refractivity contribution >= 4 is 53.5 Å². The van der Waals surface area contributed by atoms with Crippen LogP contribution in [0.25, 0.3) is 0 Å². The first-order valence-electron chi connectivity index (χ1n) is 49.0. The van der Waals surface area contributed by atoms with E-state index in [1.165, 1.54) is 0 Å². The lowest BCUT2D eigenvalue weighted by atomic mass is 9.79. The third-order valence-electron chi connectivity index (χ3n) is 26.4. The van der Waals surface area contributed by atoms with Crippen molar-refractivity contribution in [3.8, 4) is 0 Å². The molecule has 0 radical (unpaired) electrons. The summed E-state index contributed by atoms with van der Waals surface area (Å²) >= 11 is 0. The Balaban J connectivity index is 1.07. The van der Waals surface area contributed by atoms with Gasteiger partial charge in [0.2, 0.25) is 53.5 Å². The summed E-state index contributed by atoms with van der Waals surface area (Å²) in [6, 6.07) is 1.52. The fourth-order valence-corrected chi connectivity index (χ4v) is 23.5. The van der Waals surface area contributed by atoms with Gasteiger partial charge >= 0.3 is 0 Å². The fourth-order valence-electron chi connectivity index (χ4n) is 23.5. The van der Waals surface area contributed by atoms with Crippen LogP contribution in [-0.4, -0.2) is 231 Å². The van der Waals surface area contributed by atoms with Crippen LogP contribution >= 0.6 is 0 Å². The lowest BCUT2D eigenvalue weighted by Gasteiger charge is -2.50. The zero-order valence-corrected chi connectivity index (χ0v) is 83.2. The molecule has 9 N–H and O–H groups in total. The van der Waals surface area contributed by atoms with Gasteiger partial charge in [-0.3, -0.25) is 0 Å². The Morgan fingerprint density at radius 3 is 0.488 bits per heavy atom. The summed E-state index contributed by atoms with van der Waals surface area (Å²) < 4.78 is 0. The number of nitrogens with one attached hydrogen (secondary N) is 9. The predicted octanol–water partition coefficient (Wildman–Crippen LogP) is 17.8. The number of unbranched alkanes of at least 4 members (excludes halogenated alkanes) is 6. The minimum absolute atomic E-state index is 0.0587. The summed E-state index contributed by atoms with van der Waals surface area (Å²) in [6.07, 6.45) is 27.5. The molecule has 0 saturated carbocycles. The van der Waals surface area contributed by atoms with Crippen molar-refractivity contribution in [1.82, 2.24) is 81.7 Å². The highest BCUT2D eigenvalue weighted by Gasteiger charge is 2.48. The molecule has 0 atom stereocenters. The van der Waals surface area contributed by atoms with Gasteiger partial charge in [0.05, 0.1) is 0 Å². The van der Waals surface area contributed by atoms with Crippen molar-refractivity contribution in [3.63, 3.8) is 0 Å². The minimum Gasteiger partial charge on any atom is -0.354 e. The van der Waals surface area contributed by atoms with E-state index < -0.39 is 0 Å². The highest BCUT2D eigenvalue weighted by molar-refractivity contribution is 5.51. The first-order valence-corrected chi connectivity index (χ1v) is 49.0. The van der Waals surface area contributed by atoms with Crippen molar-refractivity contribution < 1.29 is 0 Å². The molecule has 6 saturated heterocycles. The average molecular weight is 1690 g/mol. The largest absolute Gasteiger partial charge is 0.354 e. The summed E-state index contributed by atoms with van der Waals surface area (Å²) in [5.74, 6) is 6.78. The normalized spacial score (nSPS) is 22.4. The van der Waals surface area contributed by atoms with Crippen LogP contribution in [0, 0.1) is 0 Å². The Morgan fingerprint density at radius 1 is 0.215 bits per heavy atom. The van der Waals surface area contributed by atoms with E-state index >= 15 is 0 Å². The molecule has 9 rings (SSSR count). The summed E-state index contributed by atoms with van der Waals surface area (Å²) in [5.41, 5.74) is -0.705. The molecule has 3 aromatic rings. The summed E-state index contributed by atoms with van der Waals surface area (Å²) in [5, 5.41) is 35.7. The number of piperidine rings is 6. The second kappa shape index (κ2) is 41.4. The van der Waals surface area contributed by atoms with Crippen LogP contribution in [0.1, 0.15) is 381 Å². The smallest absolute Gasteiger partial charge is 0.232 e. The topological polar surface area (TPSA) is 247 Å². The molecule has 25 heteroatoms. The van der Waals surface area contributed by atoms with Crippen molar-refractivity contribution in [3.05, 3.63) is 0 Å². The van der Waals surface area contributed by atoms with E-state index in [1.807, 2.05) is 0 Å². The van der Waals surface area contributed by atoms with Gasteiger partial charge < -0.3 is 82.2 Å². The molecule has 6 aliphatic rings. The molecule has 6 aliphatic heterocycles. The Bertz CT molecular complexity index is 2990. The Kier molecular flexibility index (Phi) is 34.1.